The summed E-state index contributed by atoms with van der Waals surface area (Å²) in [5.74, 6) is -1.48. The van der Waals surface area contributed by atoms with Crippen LogP contribution in [0.15, 0.2) is 42.5 Å². The molecule has 2 aromatic rings. The van der Waals surface area contributed by atoms with E-state index in [4.69, 9.17) is 4.74 Å². The SMILES string of the molecule is CCCCN1C(=O)c2ccc(C(=O)Nc3ccccc3C(=O)NCC3CCCO3)cc2C1=O. The number of nitrogens with one attached hydrogen (secondary N) is 2. The molecular formula is C25H27N3O5. The molecule has 2 heterocycles. The Bertz CT molecular complexity index is 1090. The topological polar surface area (TPSA) is 105 Å². The molecule has 8 nitrogen and oxygen atoms in total. The second kappa shape index (κ2) is 9.95. The number of ether oxygens (including phenoxy) is 1. The summed E-state index contributed by atoms with van der Waals surface area (Å²) in [6, 6.07) is 11.2. The Balaban J connectivity index is 1.47. The van der Waals surface area contributed by atoms with Crippen molar-refractivity contribution < 1.29 is 23.9 Å². The van der Waals surface area contributed by atoms with Crippen molar-refractivity contribution in [2.75, 3.05) is 25.0 Å². The summed E-state index contributed by atoms with van der Waals surface area (Å²) in [6.07, 6.45) is 3.50. The number of hydrogen-bond acceptors (Lipinski definition) is 5. The third kappa shape index (κ3) is 4.80. The highest BCUT2D eigenvalue weighted by molar-refractivity contribution is 6.22. The standard InChI is InChI=1S/C25H27N3O5/c1-2-3-12-28-24(31)18-11-10-16(14-20(18)25(28)32)22(29)27-21-9-5-4-8-19(21)23(30)26-15-17-7-6-13-33-17/h4-5,8-11,14,17H,2-3,6-7,12-13,15H2,1H3,(H,26,30)(H,27,29). The van der Waals surface area contributed by atoms with Crippen molar-refractivity contribution in [2.24, 2.45) is 0 Å². The van der Waals surface area contributed by atoms with Gasteiger partial charge in [0.1, 0.15) is 0 Å². The van der Waals surface area contributed by atoms with E-state index < -0.39 is 5.91 Å². The van der Waals surface area contributed by atoms with Gasteiger partial charge >= 0.3 is 0 Å². The first-order valence-electron chi connectivity index (χ1n) is 11.3. The minimum Gasteiger partial charge on any atom is -0.376 e. The molecule has 4 amide bonds. The number of anilines is 1. The molecule has 2 aliphatic rings. The van der Waals surface area contributed by atoms with Crippen molar-refractivity contribution in [3.63, 3.8) is 0 Å². The first-order chi connectivity index (χ1) is 16.0. The Hall–Kier alpha value is -3.52. The molecule has 1 atom stereocenters. The molecule has 0 spiro atoms. The number of unbranched alkanes of at least 4 members (excludes halogenated alkanes) is 1. The molecule has 0 saturated carbocycles. The molecule has 2 N–H and O–H groups in total. The number of carbonyl (C=O) groups excluding carboxylic acids is 4. The largest absolute Gasteiger partial charge is 0.376 e. The Morgan fingerprint density at radius 2 is 1.85 bits per heavy atom. The van der Waals surface area contributed by atoms with Gasteiger partial charge < -0.3 is 15.4 Å². The van der Waals surface area contributed by atoms with Crippen molar-refractivity contribution in [1.82, 2.24) is 10.2 Å². The van der Waals surface area contributed by atoms with Gasteiger partial charge in [-0.2, -0.15) is 0 Å². The molecule has 1 fully saturated rings. The van der Waals surface area contributed by atoms with Crippen LogP contribution < -0.4 is 10.6 Å². The lowest BCUT2D eigenvalue weighted by Gasteiger charge is -2.14. The number of rotatable bonds is 8. The summed E-state index contributed by atoms with van der Waals surface area (Å²) < 4.78 is 5.53. The van der Waals surface area contributed by atoms with E-state index in [1.165, 1.54) is 23.1 Å². The summed E-state index contributed by atoms with van der Waals surface area (Å²) in [5, 5.41) is 5.62. The number of fused-ring (bicyclic) bond motifs is 1. The fourth-order valence-electron chi connectivity index (χ4n) is 4.04. The van der Waals surface area contributed by atoms with Gasteiger partial charge in [-0.15, -0.1) is 0 Å². The zero-order chi connectivity index (χ0) is 23.4. The Morgan fingerprint density at radius 1 is 1.06 bits per heavy atom. The van der Waals surface area contributed by atoms with Crippen molar-refractivity contribution in [3.8, 4) is 0 Å². The van der Waals surface area contributed by atoms with Crippen LogP contribution in [0.2, 0.25) is 0 Å². The molecule has 0 bridgehead atoms. The second-order valence-electron chi connectivity index (χ2n) is 8.22. The lowest BCUT2D eigenvalue weighted by Crippen LogP contribution is -2.32. The van der Waals surface area contributed by atoms with Gasteiger partial charge in [0.15, 0.2) is 0 Å². The fraction of sp³-hybridized carbons (Fsp3) is 0.360. The van der Waals surface area contributed by atoms with E-state index in [2.05, 4.69) is 10.6 Å². The molecule has 4 rings (SSSR count). The minimum absolute atomic E-state index is 0.0132. The summed E-state index contributed by atoms with van der Waals surface area (Å²) >= 11 is 0. The van der Waals surface area contributed by atoms with E-state index in [0.29, 0.717) is 36.5 Å². The van der Waals surface area contributed by atoms with E-state index in [1.54, 1.807) is 24.3 Å². The minimum atomic E-state index is -0.468. The van der Waals surface area contributed by atoms with Gasteiger partial charge in [0.05, 0.1) is 28.5 Å². The van der Waals surface area contributed by atoms with Crippen molar-refractivity contribution in [3.05, 3.63) is 64.7 Å². The van der Waals surface area contributed by atoms with E-state index >= 15 is 0 Å². The zero-order valence-electron chi connectivity index (χ0n) is 18.6. The molecule has 1 saturated heterocycles. The van der Waals surface area contributed by atoms with E-state index in [-0.39, 0.29) is 35.0 Å². The lowest BCUT2D eigenvalue weighted by atomic mass is 10.0. The maximum Gasteiger partial charge on any atom is 0.261 e. The summed E-state index contributed by atoms with van der Waals surface area (Å²) in [7, 11) is 0. The number of imide groups is 1. The van der Waals surface area contributed by atoms with Gasteiger partial charge in [0, 0.05) is 25.3 Å². The molecular weight excluding hydrogens is 422 g/mol. The first kappa shape index (κ1) is 22.7. The molecule has 8 heteroatoms. The van der Waals surface area contributed by atoms with Crippen molar-refractivity contribution in [2.45, 2.75) is 38.7 Å². The predicted octanol–water partition coefficient (Wildman–Crippen LogP) is 3.24. The van der Waals surface area contributed by atoms with Crippen LogP contribution in [0.25, 0.3) is 0 Å². The molecule has 2 aromatic carbocycles. The van der Waals surface area contributed by atoms with Crippen LogP contribution in [0.5, 0.6) is 0 Å². The normalized spacial score (nSPS) is 17.2. The van der Waals surface area contributed by atoms with Crippen LogP contribution in [0, 0.1) is 0 Å². The summed E-state index contributed by atoms with van der Waals surface area (Å²) in [6.45, 7) is 3.47. The Kier molecular flexibility index (Phi) is 6.84. The zero-order valence-corrected chi connectivity index (χ0v) is 18.6. The summed E-state index contributed by atoms with van der Waals surface area (Å²) in [4.78, 5) is 52.0. The molecule has 0 radical (unpaired) electrons. The van der Waals surface area contributed by atoms with Gasteiger partial charge in [0.2, 0.25) is 0 Å². The molecule has 1 unspecified atom stereocenters. The third-order valence-electron chi connectivity index (χ3n) is 5.90. The van der Waals surface area contributed by atoms with Gasteiger partial charge in [-0.1, -0.05) is 25.5 Å². The van der Waals surface area contributed by atoms with Crippen LogP contribution in [-0.2, 0) is 4.74 Å². The molecule has 0 aliphatic carbocycles. The Morgan fingerprint density at radius 3 is 2.61 bits per heavy atom. The highest BCUT2D eigenvalue weighted by atomic mass is 16.5. The smallest absolute Gasteiger partial charge is 0.261 e. The number of hydrogen-bond donors (Lipinski definition) is 2. The van der Waals surface area contributed by atoms with Crippen LogP contribution >= 0.6 is 0 Å². The van der Waals surface area contributed by atoms with Crippen LogP contribution in [-0.4, -0.2) is 54.3 Å². The molecule has 172 valence electrons. The van der Waals surface area contributed by atoms with E-state index in [0.717, 1.165) is 25.7 Å². The van der Waals surface area contributed by atoms with Gasteiger partial charge in [-0.25, -0.2) is 0 Å². The van der Waals surface area contributed by atoms with Crippen LogP contribution in [0.1, 0.15) is 74.0 Å². The maximum atomic E-state index is 12.9. The Labute approximate surface area is 192 Å². The lowest BCUT2D eigenvalue weighted by molar-refractivity contribution is 0.0651. The number of para-hydroxylation sites is 1. The molecule has 2 aliphatic heterocycles. The van der Waals surface area contributed by atoms with Crippen LogP contribution in [0.4, 0.5) is 5.69 Å². The predicted molar refractivity (Wildman–Crippen MR) is 122 cm³/mol. The van der Waals surface area contributed by atoms with E-state index in [9.17, 15) is 19.2 Å². The quantitative estimate of drug-likeness (QED) is 0.602. The highest BCUT2D eigenvalue weighted by Gasteiger charge is 2.35. The maximum absolute atomic E-state index is 12.9. The van der Waals surface area contributed by atoms with E-state index in [1.807, 2.05) is 6.92 Å². The summed E-state index contributed by atoms with van der Waals surface area (Å²) in [5.41, 5.74) is 1.47. The fourth-order valence-corrected chi connectivity index (χ4v) is 4.04. The highest BCUT2D eigenvalue weighted by Crippen LogP contribution is 2.25. The number of benzene rings is 2. The molecule has 0 aromatic heterocycles. The first-order valence-corrected chi connectivity index (χ1v) is 11.3. The molecule has 33 heavy (non-hydrogen) atoms. The van der Waals surface area contributed by atoms with Crippen LogP contribution in [0.3, 0.4) is 0 Å². The van der Waals surface area contributed by atoms with Gasteiger partial charge in [-0.3, -0.25) is 24.1 Å². The average Bonchev–Trinajstić information content (AvgIpc) is 3.43. The number of amides is 4. The monoisotopic (exact) mass is 449 g/mol. The van der Waals surface area contributed by atoms with Crippen molar-refractivity contribution in [1.29, 1.82) is 0 Å². The third-order valence-corrected chi connectivity index (χ3v) is 5.90. The number of carbonyl (C=O) groups is 4. The van der Waals surface area contributed by atoms with Gasteiger partial charge in [-0.05, 0) is 49.6 Å². The number of nitrogens with zero attached hydrogens (tertiary/aromatic N) is 1. The average molecular weight is 450 g/mol. The second-order valence-corrected chi connectivity index (χ2v) is 8.22. The van der Waals surface area contributed by atoms with Crippen molar-refractivity contribution >= 4 is 29.3 Å². The van der Waals surface area contributed by atoms with Gasteiger partial charge in [0.25, 0.3) is 23.6 Å².